The van der Waals surface area contributed by atoms with Gasteiger partial charge in [-0.15, -0.1) is 0 Å². The number of nitrogens with one attached hydrogen (secondary N) is 2. The summed E-state index contributed by atoms with van der Waals surface area (Å²) >= 11 is 1.77. The molecule has 2 N–H and O–H groups in total. The Kier molecular flexibility index (Phi) is 3.29. The zero-order valence-corrected chi connectivity index (χ0v) is 8.90. The molecule has 0 aromatic heterocycles. The number of hydrogen-bond acceptors (Lipinski definition) is 4. The molecule has 5 heteroatoms. The smallest absolute Gasteiger partial charge is 0.220 e. The van der Waals surface area contributed by atoms with E-state index in [-0.39, 0.29) is 5.91 Å². The van der Waals surface area contributed by atoms with Gasteiger partial charge >= 0.3 is 0 Å². The lowest BCUT2D eigenvalue weighted by molar-refractivity contribution is -0.119. The van der Waals surface area contributed by atoms with Crippen LogP contribution in [0.4, 0.5) is 0 Å². The second-order valence-electron chi connectivity index (χ2n) is 3.57. The predicted octanol–water partition coefficient (Wildman–Crippen LogP) is 0.347. The van der Waals surface area contributed by atoms with Crippen molar-refractivity contribution in [2.24, 2.45) is 4.99 Å². The highest BCUT2D eigenvalue weighted by molar-refractivity contribution is 8.13. The van der Waals surface area contributed by atoms with Gasteiger partial charge in [0.1, 0.15) is 0 Å². The fraction of sp³-hybridized carbons (Fsp3) is 0.778. The van der Waals surface area contributed by atoms with Gasteiger partial charge in [0.25, 0.3) is 0 Å². The van der Waals surface area contributed by atoms with E-state index < -0.39 is 0 Å². The Morgan fingerprint density at radius 3 is 3.21 bits per heavy atom. The molecule has 1 unspecified atom stereocenters. The van der Waals surface area contributed by atoms with Crippen LogP contribution in [-0.2, 0) is 4.79 Å². The Morgan fingerprint density at radius 2 is 2.57 bits per heavy atom. The van der Waals surface area contributed by atoms with Crippen molar-refractivity contribution in [3.8, 4) is 0 Å². The minimum Gasteiger partial charge on any atom is -0.363 e. The summed E-state index contributed by atoms with van der Waals surface area (Å²) in [6.07, 6.45) is 2.80. The average Bonchev–Trinajstić information content (AvgIpc) is 2.63. The van der Waals surface area contributed by atoms with Gasteiger partial charge in [0.15, 0.2) is 5.17 Å². The van der Waals surface area contributed by atoms with Gasteiger partial charge in [0.05, 0.1) is 0 Å². The van der Waals surface area contributed by atoms with Crippen LogP contribution in [0.5, 0.6) is 0 Å². The molecule has 1 atom stereocenters. The third kappa shape index (κ3) is 2.64. The summed E-state index contributed by atoms with van der Waals surface area (Å²) in [6.45, 7) is 1.75. The van der Waals surface area contributed by atoms with Crippen molar-refractivity contribution in [3.05, 3.63) is 0 Å². The number of carbonyl (C=O) groups excluding carboxylic acids is 1. The van der Waals surface area contributed by atoms with Crippen molar-refractivity contribution < 1.29 is 4.79 Å². The molecule has 2 rings (SSSR count). The summed E-state index contributed by atoms with van der Waals surface area (Å²) in [6, 6.07) is 0.299. The van der Waals surface area contributed by atoms with Crippen LogP contribution in [0, 0.1) is 0 Å². The fourth-order valence-electron chi connectivity index (χ4n) is 1.61. The number of thioether (sulfide) groups is 1. The van der Waals surface area contributed by atoms with Crippen LogP contribution in [0.25, 0.3) is 0 Å². The van der Waals surface area contributed by atoms with E-state index in [1.54, 1.807) is 11.8 Å². The molecule has 0 radical (unpaired) electrons. The highest BCUT2D eigenvalue weighted by Crippen LogP contribution is 2.11. The van der Waals surface area contributed by atoms with Gasteiger partial charge in [0, 0.05) is 31.3 Å². The van der Waals surface area contributed by atoms with Crippen LogP contribution in [0.2, 0.25) is 0 Å². The van der Waals surface area contributed by atoms with Crippen molar-refractivity contribution in [1.29, 1.82) is 0 Å². The van der Waals surface area contributed by atoms with Crippen LogP contribution < -0.4 is 10.6 Å². The average molecular weight is 213 g/mol. The summed E-state index contributed by atoms with van der Waals surface area (Å²) in [4.78, 5) is 15.3. The third-order valence-corrected chi connectivity index (χ3v) is 3.42. The highest BCUT2D eigenvalue weighted by atomic mass is 32.2. The van der Waals surface area contributed by atoms with E-state index in [0.29, 0.717) is 12.5 Å². The van der Waals surface area contributed by atoms with Crippen LogP contribution in [-0.4, -0.2) is 36.0 Å². The summed E-state index contributed by atoms with van der Waals surface area (Å²) in [5.74, 6) is 1.33. The summed E-state index contributed by atoms with van der Waals surface area (Å²) < 4.78 is 0. The minimum atomic E-state index is 0.176. The molecule has 2 aliphatic heterocycles. The molecule has 0 aromatic rings. The molecule has 0 aromatic carbocycles. The molecule has 78 valence electrons. The van der Waals surface area contributed by atoms with E-state index in [9.17, 15) is 4.79 Å². The maximum absolute atomic E-state index is 10.9. The molecule has 1 saturated heterocycles. The van der Waals surface area contributed by atoms with Gasteiger partial charge in [-0.3, -0.25) is 9.79 Å². The first-order valence-corrected chi connectivity index (χ1v) is 6.03. The Hall–Kier alpha value is -0.710. The standard InChI is InChI=1S/C9H15N3OS/c13-8-3-2-7(12-8)6-11-9-10-4-1-5-14-9/h7H,1-6H2,(H,10,11)(H,12,13). The zero-order valence-electron chi connectivity index (χ0n) is 8.08. The lowest BCUT2D eigenvalue weighted by Gasteiger charge is -2.16. The quantitative estimate of drug-likeness (QED) is 0.696. The van der Waals surface area contributed by atoms with Crippen molar-refractivity contribution in [3.63, 3.8) is 0 Å². The van der Waals surface area contributed by atoms with E-state index in [1.807, 2.05) is 0 Å². The van der Waals surface area contributed by atoms with Gasteiger partial charge in [-0.25, -0.2) is 0 Å². The number of nitrogens with zero attached hydrogens (tertiary/aromatic N) is 1. The number of amidine groups is 1. The molecule has 0 spiro atoms. The first kappa shape index (κ1) is 9.83. The summed E-state index contributed by atoms with van der Waals surface area (Å²) in [7, 11) is 0. The zero-order chi connectivity index (χ0) is 9.80. The molecule has 1 amide bonds. The van der Waals surface area contributed by atoms with Crippen LogP contribution in [0.1, 0.15) is 19.3 Å². The van der Waals surface area contributed by atoms with E-state index in [2.05, 4.69) is 15.6 Å². The summed E-state index contributed by atoms with van der Waals surface area (Å²) in [5.41, 5.74) is 0. The number of amides is 1. The largest absolute Gasteiger partial charge is 0.363 e. The fourth-order valence-corrected chi connectivity index (χ4v) is 2.44. The predicted molar refractivity (Wildman–Crippen MR) is 58.5 cm³/mol. The normalized spacial score (nSPS) is 27.0. The molecule has 1 fully saturated rings. The molecule has 2 aliphatic rings. The molecular formula is C9H15N3OS. The van der Waals surface area contributed by atoms with E-state index in [4.69, 9.17) is 0 Å². The number of rotatable bonds is 2. The van der Waals surface area contributed by atoms with E-state index in [0.717, 1.165) is 30.4 Å². The maximum Gasteiger partial charge on any atom is 0.220 e. The van der Waals surface area contributed by atoms with Crippen LogP contribution in [0.3, 0.4) is 0 Å². The maximum atomic E-state index is 10.9. The van der Waals surface area contributed by atoms with Gasteiger partial charge in [-0.1, -0.05) is 11.8 Å². The topological polar surface area (TPSA) is 53.5 Å². The Morgan fingerprint density at radius 1 is 1.64 bits per heavy atom. The van der Waals surface area contributed by atoms with Crippen molar-refractivity contribution in [2.75, 3.05) is 18.8 Å². The first-order valence-electron chi connectivity index (χ1n) is 5.05. The third-order valence-electron chi connectivity index (χ3n) is 2.38. The van der Waals surface area contributed by atoms with Gasteiger partial charge in [-0.05, 0) is 12.8 Å². The number of hydrogen-bond donors (Lipinski definition) is 2. The molecule has 0 aliphatic carbocycles. The van der Waals surface area contributed by atoms with E-state index >= 15 is 0 Å². The lowest BCUT2D eigenvalue weighted by Crippen LogP contribution is -2.38. The highest BCUT2D eigenvalue weighted by Gasteiger charge is 2.20. The second kappa shape index (κ2) is 4.68. The molecule has 4 nitrogen and oxygen atoms in total. The Labute approximate surface area is 87.9 Å². The molecule has 14 heavy (non-hydrogen) atoms. The van der Waals surface area contributed by atoms with Crippen molar-refractivity contribution >= 4 is 22.8 Å². The van der Waals surface area contributed by atoms with Crippen molar-refractivity contribution in [2.45, 2.75) is 25.3 Å². The lowest BCUT2D eigenvalue weighted by atomic mass is 10.2. The molecular weight excluding hydrogens is 198 g/mol. The van der Waals surface area contributed by atoms with Gasteiger partial charge in [-0.2, -0.15) is 0 Å². The number of aliphatic imine (C=N–C) groups is 1. The molecule has 0 bridgehead atoms. The van der Waals surface area contributed by atoms with E-state index in [1.165, 1.54) is 6.42 Å². The van der Waals surface area contributed by atoms with Gasteiger partial charge < -0.3 is 10.6 Å². The number of carbonyl (C=O) groups is 1. The van der Waals surface area contributed by atoms with Crippen LogP contribution >= 0.6 is 11.8 Å². The first-order chi connectivity index (χ1) is 6.84. The monoisotopic (exact) mass is 213 g/mol. The Bertz CT molecular complexity index is 254. The van der Waals surface area contributed by atoms with Crippen molar-refractivity contribution in [1.82, 2.24) is 10.6 Å². The van der Waals surface area contributed by atoms with Gasteiger partial charge in [0.2, 0.25) is 5.91 Å². The molecule has 2 heterocycles. The Balaban J connectivity index is 1.71. The SMILES string of the molecule is O=C1CCC(CNC2=NCCCS2)N1. The molecule has 0 saturated carbocycles. The van der Waals surface area contributed by atoms with Crippen LogP contribution in [0.15, 0.2) is 4.99 Å². The summed E-state index contributed by atoms with van der Waals surface area (Å²) in [5, 5.41) is 7.25. The second-order valence-corrected chi connectivity index (χ2v) is 4.66. The minimum absolute atomic E-state index is 0.176.